The largest absolute Gasteiger partial charge is 0.461 e. The van der Waals surface area contributed by atoms with Crippen molar-refractivity contribution < 1.29 is 14.3 Å². The predicted molar refractivity (Wildman–Crippen MR) is 53.5 cm³/mol. The minimum Gasteiger partial charge on any atom is -0.461 e. The molecule has 0 unspecified atom stereocenters. The van der Waals surface area contributed by atoms with Gasteiger partial charge < -0.3 is 4.74 Å². The van der Waals surface area contributed by atoms with Crippen LogP contribution in [0.5, 0.6) is 0 Å². The van der Waals surface area contributed by atoms with Crippen LogP contribution in [0.4, 0.5) is 0 Å². The van der Waals surface area contributed by atoms with Crippen molar-refractivity contribution in [3.8, 4) is 0 Å². The van der Waals surface area contributed by atoms with Crippen molar-refractivity contribution in [1.82, 2.24) is 9.78 Å². The molecule has 0 aliphatic heterocycles. The van der Waals surface area contributed by atoms with Crippen LogP contribution in [-0.2, 0) is 23.0 Å². The number of ether oxygens (including phenoxy) is 1. The first-order valence-corrected chi connectivity index (χ1v) is 4.73. The van der Waals surface area contributed by atoms with Gasteiger partial charge in [-0.1, -0.05) is 0 Å². The molecule has 0 bridgehead atoms. The van der Waals surface area contributed by atoms with E-state index < -0.39 is 5.97 Å². The lowest BCUT2D eigenvalue weighted by atomic mass is 10.1. The maximum Gasteiger partial charge on any atom is 0.359 e. The van der Waals surface area contributed by atoms with Gasteiger partial charge in [0.2, 0.25) is 0 Å². The highest BCUT2D eigenvalue weighted by Crippen LogP contribution is 2.09. The van der Waals surface area contributed by atoms with E-state index in [1.807, 2.05) is 0 Å². The van der Waals surface area contributed by atoms with Gasteiger partial charge in [-0.3, -0.25) is 9.48 Å². The molecule has 0 aliphatic carbocycles. The molecule has 0 fully saturated rings. The number of rotatable bonds is 4. The Kier molecular flexibility index (Phi) is 3.60. The summed E-state index contributed by atoms with van der Waals surface area (Å²) in [5.74, 6) is -0.483. The fourth-order valence-electron chi connectivity index (χ4n) is 1.31. The molecule has 0 saturated carbocycles. The molecule has 1 rings (SSSR count). The van der Waals surface area contributed by atoms with E-state index in [1.54, 1.807) is 20.2 Å². The lowest BCUT2D eigenvalue weighted by Crippen LogP contribution is -2.10. The molecule has 0 amide bonds. The van der Waals surface area contributed by atoms with Gasteiger partial charge in [0.15, 0.2) is 5.69 Å². The highest BCUT2D eigenvalue weighted by atomic mass is 16.5. The van der Waals surface area contributed by atoms with E-state index in [9.17, 15) is 9.59 Å². The van der Waals surface area contributed by atoms with Crippen molar-refractivity contribution in [3.63, 3.8) is 0 Å². The van der Waals surface area contributed by atoms with E-state index in [0.717, 1.165) is 0 Å². The highest BCUT2D eigenvalue weighted by molar-refractivity contribution is 5.91. The van der Waals surface area contributed by atoms with Gasteiger partial charge in [0.1, 0.15) is 5.78 Å². The van der Waals surface area contributed by atoms with Gasteiger partial charge in [-0.05, 0) is 13.8 Å². The minimum absolute atomic E-state index is 0.00597. The standard InChI is InChI=1S/C10H14N2O3/c1-4-15-10(14)9-8(5-7(2)13)6-12(3)11-9/h6H,4-5H2,1-3H3. The molecule has 82 valence electrons. The number of nitrogens with zero attached hydrogens (tertiary/aromatic N) is 2. The van der Waals surface area contributed by atoms with Crippen molar-refractivity contribution in [3.05, 3.63) is 17.5 Å². The van der Waals surface area contributed by atoms with Crippen LogP contribution in [0.25, 0.3) is 0 Å². The van der Waals surface area contributed by atoms with E-state index in [0.29, 0.717) is 12.2 Å². The van der Waals surface area contributed by atoms with Gasteiger partial charge in [0, 0.05) is 25.2 Å². The summed E-state index contributed by atoms with van der Waals surface area (Å²) in [6.07, 6.45) is 1.87. The molecule has 0 aromatic carbocycles. The lowest BCUT2D eigenvalue weighted by Gasteiger charge is -1.99. The van der Waals surface area contributed by atoms with Crippen LogP contribution in [-0.4, -0.2) is 28.1 Å². The van der Waals surface area contributed by atoms with Crippen LogP contribution >= 0.6 is 0 Å². The topological polar surface area (TPSA) is 61.2 Å². The Morgan fingerprint density at radius 3 is 2.73 bits per heavy atom. The first-order valence-electron chi connectivity index (χ1n) is 4.73. The van der Waals surface area contributed by atoms with Crippen molar-refractivity contribution >= 4 is 11.8 Å². The number of hydrogen-bond acceptors (Lipinski definition) is 4. The Balaban J connectivity index is 2.95. The number of carbonyl (C=O) groups is 2. The van der Waals surface area contributed by atoms with Crippen LogP contribution in [0.15, 0.2) is 6.20 Å². The van der Waals surface area contributed by atoms with Crippen LogP contribution in [0.3, 0.4) is 0 Å². The average molecular weight is 210 g/mol. The monoisotopic (exact) mass is 210 g/mol. The predicted octanol–water partition coefficient (Wildman–Crippen LogP) is 0.728. The normalized spacial score (nSPS) is 10.1. The van der Waals surface area contributed by atoms with Crippen molar-refractivity contribution in [2.24, 2.45) is 7.05 Å². The third kappa shape index (κ3) is 2.90. The van der Waals surface area contributed by atoms with Gasteiger partial charge >= 0.3 is 5.97 Å². The van der Waals surface area contributed by atoms with E-state index in [4.69, 9.17) is 4.74 Å². The molecular formula is C10H14N2O3. The Hall–Kier alpha value is -1.65. The fraction of sp³-hybridized carbons (Fsp3) is 0.500. The maximum atomic E-state index is 11.5. The zero-order chi connectivity index (χ0) is 11.4. The summed E-state index contributed by atoms with van der Waals surface area (Å²) in [5, 5.41) is 3.97. The Bertz CT molecular complexity index is 382. The van der Waals surface area contributed by atoms with Gasteiger partial charge in [0.05, 0.1) is 6.61 Å². The van der Waals surface area contributed by atoms with E-state index in [1.165, 1.54) is 11.6 Å². The summed E-state index contributed by atoms with van der Waals surface area (Å²) in [5.41, 5.74) is 0.845. The summed E-state index contributed by atoms with van der Waals surface area (Å²) in [6, 6.07) is 0. The lowest BCUT2D eigenvalue weighted by molar-refractivity contribution is -0.116. The first kappa shape index (κ1) is 11.4. The van der Waals surface area contributed by atoms with Gasteiger partial charge in [0.25, 0.3) is 0 Å². The van der Waals surface area contributed by atoms with Crippen molar-refractivity contribution in [1.29, 1.82) is 0 Å². The summed E-state index contributed by atoms with van der Waals surface area (Å²) in [7, 11) is 1.70. The van der Waals surface area contributed by atoms with E-state index >= 15 is 0 Å². The number of ketones is 1. The second-order valence-electron chi connectivity index (χ2n) is 3.28. The molecule has 5 nitrogen and oxygen atoms in total. The summed E-state index contributed by atoms with van der Waals surface area (Å²) < 4.78 is 6.34. The van der Waals surface area contributed by atoms with Crippen LogP contribution in [0.1, 0.15) is 29.9 Å². The van der Waals surface area contributed by atoms with Gasteiger partial charge in [-0.25, -0.2) is 4.79 Å². The quantitative estimate of drug-likeness (QED) is 0.687. The molecule has 0 spiro atoms. The molecule has 1 aromatic rings. The number of carbonyl (C=O) groups excluding carboxylic acids is 2. The molecular weight excluding hydrogens is 196 g/mol. The zero-order valence-electron chi connectivity index (χ0n) is 9.11. The molecule has 0 radical (unpaired) electrons. The highest BCUT2D eigenvalue weighted by Gasteiger charge is 2.17. The van der Waals surface area contributed by atoms with Gasteiger partial charge in [-0.2, -0.15) is 5.10 Å². The molecule has 15 heavy (non-hydrogen) atoms. The SMILES string of the molecule is CCOC(=O)c1nn(C)cc1CC(C)=O. The summed E-state index contributed by atoms with van der Waals surface area (Å²) in [4.78, 5) is 22.4. The zero-order valence-corrected chi connectivity index (χ0v) is 9.11. The number of aromatic nitrogens is 2. The molecule has 0 saturated heterocycles. The molecule has 1 aromatic heterocycles. The second-order valence-corrected chi connectivity index (χ2v) is 3.28. The van der Waals surface area contributed by atoms with Crippen LogP contribution in [0, 0.1) is 0 Å². The fourth-order valence-corrected chi connectivity index (χ4v) is 1.31. The maximum absolute atomic E-state index is 11.5. The van der Waals surface area contributed by atoms with Gasteiger partial charge in [-0.15, -0.1) is 0 Å². The Morgan fingerprint density at radius 1 is 1.53 bits per heavy atom. The van der Waals surface area contributed by atoms with E-state index in [-0.39, 0.29) is 17.9 Å². The average Bonchev–Trinajstić information content (AvgIpc) is 2.46. The minimum atomic E-state index is -0.477. The Labute approximate surface area is 88.0 Å². The van der Waals surface area contributed by atoms with Crippen molar-refractivity contribution in [2.45, 2.75) is 20.3 Å². The number of hydrogen-bond donors (Lipinski definition) is 0. The molecule has 0 aliphatic rings. The van der Waals surface area contributed by atoms with Crippen LogP contribution in [0.2, 0.25) is 0 Å². The number of Topliss-reactive ketones (excluding diaryl/α,β-unsaturated/α-hetero) is 1. The smallest absolute Gasteiger partial charge is 0.359 e. The molecule has 1 heterocycles. The number of aryl methyl sites for hydroxylation is 1. The Morgan fingerprint density at radius 2 is 2.20 bits per heavy atom. The second kappa shape index (κ2) is 4.72. The third-order valence-corrected chi connectivity index (χ3v) is 1.81. The molecule has 0 N–H and O–H groups in total. The van der Waals surface area contributed by atoms with Crippen LogP contribution < -0.4 is 0 Å². The van der Waals surface area contributed by atoms with Crippen molar-refractivity contribution in [2.75, 3.05) is 6.61 Å². The molecule has 5 heteroatoms. The third-order valence-electron chi connectivity index (χ3n) is 1.81. The first-order chi connectivity index (χ1) is 7.04. The number of esters is 1. The summed E-state index contributed by atoms with van der Waals surface area (Å²) in [6.45, 7) is 3.50. The molecule has 0 atom stereocenters. The summed E-state index contributed by atoms with van der Waals surface area (Å²) >= 11 is 0. The van der Waals surface area contributed by atoms with E-state index in [2.05, 4.69) is 5.10 Å².